The maximum Gasteiger partial charge on any atom is 0.417 e. The van der Waals surface area contributed by atoms with Crippen LogP contribution in [-0.2, 0) is 6.18 Å². The van der Waals surface area contributed by atoms with Crippen molar-refractivity contribution in [2.24, 2.45) is 5.73 Å². The molecule has 0 heterocycles. The van der Waals surface area contributed by atoms with Crippen molar-refractivity contribution >= 4 is 17.6 Å². The molecule has 2 atom stereocenters. The number of alkyl halides is 3. The number of hydrogen-bond acceptors (Lipinski definition) is 3. The Kier molecular flexibility index (Phi) is 4.86. The molecule has 0 aliphatic heterocycles. The molecular formula is C12H15F3N2OS. The lowest BCUT2D eigenvalue weighted by molar-refractivity contribution is -0.137. The zero-order chi connectivity index (χ0) is 14.8. The molecular weight excluding hydrogens is 277 g/mol. The average Bonchev–Trinajstić information content (AvgIpc) is 2.27. The predicted octanol–water partition coefficient (Wildman–Crippen LogP) is 2.85. The van der Waals surface area contributed by atoms with Crippen LogP contribution in [0, 0.1) is 5.41 Å². The molecule has 1 aromatic carbocycles. The molecule has 1 aromatic rings. The molecule has 106 valence electrons. The summed E-state index contributed by atoms with van der Waals surface area (Å²) in [5.74, 6) is -0.618. The number of amidine groups is 1. The molecule has 2 unspecified atom stereocenters. The number of benzene rings is 1. The normalized spacial score (nSPS) is 15.1. The fraction of sp³-hybridized carbons (Fsp3) is 0.417. The Morgan fingerprint density at radius 2 is 1.95 bits per heavy atom. The number of aliphatic hydroxyl groups is 1. The predicted molar refractivity (Wildman–Crippen MR) is 69.5 cm³/mol. The van der Waals surface area contributed by atoms with E-state index in [1.165, 1.54) is 12.1 Å². The maximum absolute atomic E-state index is 12.9. The summed E-state index contributed by atoms with van der Waals surface area (Å²) < 4.78 is 38.6. The number of aliphatic hydroxyl groups excluding tert-OH is 1. The van der Waals surface area contributed by atoms with E-state index in [-0.39, 0.29) is 10.8 Å². The molecule has 0 bridgehead atoms. The lowest BCUT2D eigenvalue weighted by Gasteiger charge is -2.17. The van der Waals surface area contributed by atoms with E-state index >= 15 is 0 Å². The summed E-state index contributed by atoms with van der Waals surface area (Å²) in [6.07, 6.45) is -5.20. The second-order valence-electron chi connectivity index (χ2n) is 4.18. The van der Waals surface area contributed by atoms with Crippen molar-refractivity contribution in [2.45, 2.75) is 36.3 Å². The zero-order valence-corrected chi connectivity index (χ0v) is 11.3. The smallest absolute Gasteiger partial charge is 0.392 e. The summed E-state index contributed by atoms with van der Waals surface area (Å²) in [6.45, 7) is 3.30. The number of nitrogen functional groups attached to an aromatic ring is 1. The SMILES string of the molecule is CC(O)C(C)Sc1ccc(C(=N)N)c(C(F)(F)F)c1. The molecule has 0 spiro atoms. The van der Waals surface area contributed by atoms with Crippen LogP contribution in [0.2, 0.25) is 0 Å². The molecule has 0 radical (unpaired) electrons. The van der Waals surface area contributed by atoms with E-state index in [0.717, 1.165) is 17.8 Å². The van der Waals surface area contributed by atoms with Gasteiger partial charge < -0.3 is 10.8 Å². The van der Waals surface area contributed by atoms with Gasteiger partial charge in [0.2, 0.25) is 0 Å². The molecule has 0 saturated heterocycles. The molecule has 0 aliphatic carbocycles. The number of nitrogens with two attached hydrogens (primary N) is 1. The van der Waals surface area contributed by atoms with Crippen molar-refractivity contribution in [1.29, 1.82) is 5.41 Å². The Bertz CT molecular complexity index is 475. The van der Waals surface area contributed by atoms with Crippen LogP contribution in [0.3, 0.4) is 0 Å². The van der Waals surface area contributed by atoms with Gasteiger partial charge in [0.25, 0.3) is 0 Å². The lowest BCUT2D eigenvalue weighted by Crippen LogP contribution is -2.19. The van der Waals surface area contributed by atoms with Crippen LogP contribution < -0.4 is 5.73 Å². The summed E-state index contributed by atoms with van der Waals surface area (Å²) in [4.78, 5) is 0.380. The van der Waals surface area contributed by atoms with E-state index < -0.39 is 23.7 Å². The third-order valence-corrected chi connectivity index (χ3v) is 3.88. The highest BCUT2D eigenvalue weighted by molar-refractivity contribution is 8.00. The third-order valence-electron chi connectivity index (χ3n) is 2.59. The summed E-state index contributed by atoms with van der Waals surface area (Å²) in [7, 11) is 0. The first-order chi connectivity index (χ1) is 8.62. The largest absolute Gasteiger partial charge is 0.417 e. The number of hydrogen-bond donors (Lipinski definition) is 3. The molecule has 3 nitrogen and oxygen atoms in total. The van der Waals surface area contributed by atoms with Crippen LogP contribution >= 0.6 is 11.8 Å². The first-order valence-corrected chi connectivity index (χ1v) is 6.41. The second kappa shape index (κ2) is 5.83. The highest BCUT2D eigenvalue weighted by atomic mass is 32.2. The maximum atomic E-state index is 12.9. The van der Waals surface area contributed by atoms with E-state index in [0.29, 0.717) is 4.90 Å². The fourth-order valence-electron chi connectivity index (χ4n) is 1.38. The van der Waals surface area contributed by atoms with Crippen LogP contribution in [-0.4, -0.2) is 22.3 Å². The average molecular weight is 292 g/mol. The monoisotopic (exact) mass is 292 g/mol. The Morgan fingerprint density at radius 3 is 2.37 bits per heavy atom. The van der Waals surface area contributed by atoms with Crippen LogP contribution in [0.5, 0.6) is 0 Å². The number of thioether (sulfide) groups is 1. The minimum atomic E-state index is -4.56. The second-order valence-corrected chi connectivity index (χ2v) is 5.63. The van der Waals surface area contributed by atoms with E-state index in [1.807, 2.05) is 0 Å². The van der Waals surface area contributed by atoms with Gasteiger partial charge >= 0.3 is 6.18 Å². The highest BCUT2D eigenvalue weighted by Gasteiger charge is 2.34. The molecule has 0 fully saturated rings. The number of nitrogens with one attached hydrogen (secondary N) is 1. The first-order valence-electron chi connectivity index (χ1n) is 5.53. The third kappa shape index (κ3) is 4.14. The van der Waals surface area contributed by atoms with Gasteiger partial charge in [-0.05, 0) is 25.1 Å². The van der Waals surface area contributed by atoms with E-state index in [2.05, 4.69) is 0 Å². The van der Waals surface area contributed by atoms with Gasteiger partial charge in [0.1, 0.15) is 5.84 Å². The fourth-order valence-corrected chi connectivity index (χ4v) is 2.34. The van der Waals surface area contributed by atoms with Gasteiger partial charge in [0, 0.05) is 15.7 Å². The Hall–Kier alpha value is -1.21. The Labute approximate surface area is 113 Å². The van der Waals surface area contributed by atoms with Crippen molar-refractivity contribution in [2.75, 3.05) is 0 Å². The van der Waals surface area contributed by atoms with Gasteiger partial charge in [-0.2, -0.15) is 13.2 Å². The number of halogens is 3. The van der Waals surface area contributed by atoms with Gasteiger partial charge in [-0.15, -0.1) is 11.8 Å². The minimum absolute atomic E-state index is 0.232. The summed E-state index contributed by atoms with van der Waals surface area (Å²) in [5.41, 5.74) is 3.89. The van der Waals surface area contributed by atoms with Gasteiger partial charge in [0.05, 0.1) is 11.7 Å². The summed E-state index contributed by atoms with van der Waals surface area (Å²) in [6, 6.07) is 3.61. The lowest BCUT2D eigenvalue weighted by atomic mass is 10.1. The van der Waals surface area contributed by atoms with Gasteiger partial charge in [-0.25, -0.2) is 0 Å². The molecule has 0 saturated carbocycles. The van der Waals surface area contributed by atoms with Crippen molar-refractivity contribution < 1.29 is 18.3 Å². The first kappa shape index (κ1) is 15.8. The Balaban J connectivity index is 3.16. The molecule has 0 amide bonds. The van der Waals surface area contributed by atoms with Crippen molar-refractivity contribution in [3.8, 4) is 0 Å². The van der Waals surface area contributed by atoms with Crippen LogP contribution in [0.25, 0.3) is 0 Å². The Morgan fingerprint density at radius 1 is 1.37 bits per heavy atom. The van der Waals surface area contributed by atoms with Crippen LogP contribution in [0.1, 0.15) is 25.0 Å². The molecule has 19 heavy (non-hydrogen) atoms. The summed E-state index contributed by atoms with van der Waals surface area (Å²) >= 11 is 1.14. The van der Waals surface area contributed by atoms with E-state index in [4.69, 9.17) is 11.1 Å². The quantitative estimate of drug-likeness (QED) is 0.454. The van der Waals surface area contributed by atoms with Gasteiger partial charge in [-0.3, -0.25) is 5.41 Å². The van der Waals surface area contributed by atoms with Crippen LogP contribution in [0.4, 0.5) is 13.2 Å². The molecule has 0 aromatic heterocycles. The molecule has 1 rings (SSSR count). The van der Waals surface area contributed by atoms with Crippen molar-refractivity contribution in [3.05, 3.63) is 29.3 Å². The molecule has 7 heteroatoms. The summed E-state index contributed by atoms with van der Waals surface area (Å²) in [5, 5.41) is 16.3. The van der Waals surface area contributed by atoms with Crippen molar-refractivity contribution in [1.82, 2.24) is 0 Å². The van der Waals surface area contributed by atoms with Crippen molar-refractivity contribution in [3.63, 3.8) is 0 Å². The standard InChI is InChI=1S/C12H15F3N2OS/c1-6(18)7(2)19-8-3-4-9(11(16)17)10(5-8)12(13,14)15/h3-7,18H,1-2H3,(H3,16,17). The van der Waals surface area contributed by atoms with Gasteiger partial charge in [-0.1, -0.05) is 6.92 Å². The minimum Gasteiger partial charge on any atom is -0.392 e. The van der Waals surface area contributed by atoms with Gasteiger partial charge in [0.15, 0.2) is 0 Å². The van der Waals surface area contributed by atoms with E-state index in [1.54, 1.807) is 13.8 Å². The highest BCUT2D eigenvalue weighted by Crippen LogP contribution is 2.35. The number of rotatable bonds is 4. The van der Waals surface area contributed by atoms with E-state index in [9.17, 15) is 18.3 Å². The van der Waals surface area contributed by atoms with Crippen LogP contribution in [0.15, 0.2) is 23.1 Å². The zero-order valence-electron chi connectivity index (χ0n) is 10.5. The molecule has 4 N–H and O–H groups in total. The topological polar surface area (TPSA) is 70.1 Å². The molecule has 0 aliphatic rings.